The molecule has 1 heterocycles. The van der Waals surface area contributed by atoms with Gasteiger partial charge in [-0.15, -0.1) is 0 Å². The lowest BCUT2D eigenvalue weighted by atomic mass is 10.1. The first-order chi connectivity index (χ1) is 17.5. The van der Waals surface area contributed by atoms with Gasteiger partial charge in [0.25, 0.3) is 5.91 Å². The van der Waals surface area contributed by atoms with Crippen molar-refractivity contribution >= 4 is 16.9 Å². The first-order valence-electron chi connectivity index (χ1n) is 13.0. The molecule has 36 heavy (non-hydrogen) atoms. The molecule has 0 unspecified atom stereocenters. The zero-order chi connectivity index (χ0) is 25.3. The lowest BCUT2D eigenvalue weighted by Gasteiger charge is -2.13. The Bertz CT molecular complexity index is 1310. The van der Waals surface area contributed by atoms with Crippen molar-refractivity contribution in [1.82, 2.24) is 14.9 Å². The summed E-state index contributed by atoms with van der Waals surface area (Å²) in [7, 11) is 0. The zero-order valence-corrected chi connectivity index (χ0v) is 21.7. The number of ether oxygens (including phenoxy) is 1. The smallest absolute Gasteiger partial charge is 0.251 e. The maximum atomic E-state index is 12.3. The van der Waals surface area contributed by atoms with Gasteiger partial charge < -0.3 is 14.6 Å². The number of para-hydroxylation sites is 2. The quantitative estimate of drug-likeness (QED) is 0.232. The van der Waals surface area contributed by atoms with Crippen molar-refractivity contribution < 1.29 is 9.53 Å². The Morgan fingerprint density at radius 1 is 0.917 bits per heavy atom. The summed E-state index contributed by atoms with van der Waals surface area (Å²) in [4.78, 5) is 17.2. The van der Waals surface area contributed by atoms with E-state index in [1.807, 2.05) is 49.4 Å². The molecule has 0 bridgehead atoms. The average Bonchev–Trinajstić information content (AvgIpc) is 3.23. The van der Waals surface area contributed by atoms with Crippen LogP contribution in [0.15, 0.2) is 66.7 Å². The van der Waals surface area contributed by atoms with Crippen molar-refractivity contribution in [2.45, 2.75) is 59.4 Å². The number of hydrogen-bond acceptors (Lipinski definition) is 3. The van der Waals surface area contributed by atoms with E-state index in [4.69, 9.17) is 9.72 Å². The molecule has 5 heteroatoms. The van der Waals surface area contributed by atoms with Crippen LogP contribution in [0.5, 0.6) is 5.75 Å². The van der Waals surface area contributed by atoms with Gasteiger partial charge in [0.15, 0.2) is 0 Å². The molecule has 0 aliphatic carbocycles. The van der Waals surface area contributed by atoms with Gasteiger partial charge in [0.05, 0.1) is 17.6 Å². The molecule has 4 aromatic rings. The Kier molecular flexibility index (Phi) is 8.77. The molecular weight excluding hydrogens is 446 g/mol. The van der Waals surface area contributed by atoms with Gasteiger partial charge in [-0.1, -0.05) is 48.4 Å². The van der Waals surface area contributed by atoms with Gasteiger partial charge in [0, 0.05) is 25.1 Å². The molecule has 0 aliphatic heterocycles. The summed E-state index contributed by atoms with van der Waals surface area (Å²) in [5.74, 6) is 2.11. The second kappa shape index (κ2) is 12.4. The normalized spacial score (nSPS) is 11.1. The fourth-order valence-electron chi connectivity index (χ4n) is 4.53. The van der Waals surface area contributed by atoms with E-state index in [-0.39, 0.29) is 5.91 Å². The molecule has 0 saturated carbocycles. The second-order valence-corrected chi connectivity index (χ2v) is 9.50. The van der Waals surface area contributed by atoms with Crippen LogP contribution < -0.4 is 10.1 Å². The number of nitrogens with zero attached hydrogens (tertiary/aromatic N) is 2. The molecule has 1 aromatic heterocycles. The Morgan fingerprint density at radius 3 is 2.61 bits per heavy atom. The number of imidazole rings is 1. The SMILES string of the molecule is Cc1cccc(C(=O)NCCCCCc2nc3ccccc3n2CCCOc2cccc(C)c2C)c1. The number of aryl methyl sites for hydroxylation is 4. The third kappa shape index (κ3) is 6.54. The molecule has 0 spiro atoms. The van der Waals surface area contributed by atoms with E-state index in [1.165, 1.54) is 16.6 Å². The molecule has 0 saturated heterocycles. The molecule has 0 radical (unpaired) electrons. The van der Waals surface area contributed by atoms with Gasteiger partial charge in [0.2, 0.25) is 0 Å². The molecule has 1 N–H and O–H groups in total. The van der Waals surface area contributed by atoms with Gasteiger partial charge in [-0.3, -0.25) is 4.79 Å². The van der Waals surface area contributed by atoms with Gasteiger partial charge in [-0.25, -0.2) is 4.98 Å². The largest absolute Gasteiger partial charge is 0.493 e. The minimum atomic E-state index is 0.00330. The van der Waals surface area contributed by atoms with Crippen LogP contribution in [0, 0.1) is 20.8 Å². The van der Waals surface area contributed by atoms with E-state index in [0.29, 0.717) is 13.2 Å². The number of benzene rings is 3. The molecule has 1 amide bonds. The van der Waals surface area contributed by atoms with E-state index >= 15 is 0 Å². The molecule has 0 aliphatic rings. The molecule has 3 aromatic carbocycles. The third-order valence-electron chi connectivity index (χ3n) is 6.72. The number of carbonyl (C=O) groups excluding carboxylic acids is 1. The number of hydrogen-bond donors (Lipinski definition) is 1. The number of unbranched alkanes of at least 4 members (excludes halogenated alkanes) is 2. The molecule has 0 fully saturated rings. The fourth-order valence-corrected chi connectivity index (χ4v) is 4.53. The van der Waals surface area contributed by atoms with Crippen LogP contribution in [0.2, 0.25) is 0 Å². The van der Waals surface area contributed by atoms with Crippen LogP contribution in [0.4, 0.5) is 0 Å². The summed E-state index contributed by atoms with van der Waals surface area (Å²) >= 11 is 0. The van der Waals surface area contributed by atoms with Crippen molar-refractivity contribution in [1.29, 1.82) is 0 Å². The minimum absolute atomic E-state index is 0.00330. The van der Waals surface area contributed by atoms with Crippen LogP contribution >= 0.6 is 0 Å². The molecule has 188 valence electrons. The van der Waals surface area contributed by atoms with Crippen molar-refractivity contribution in [2.24, 2.45) is 0 Å². The van der Waals surface area contributed by atoms with E-state index in [0.717, 1.165) is 66.9 Å². The highest BCUT2D eigenvalue weighted by Crippen LogP contribution is 2.22. The number of fused-ring (bicyclic) bond motifs is 1. The Balaban J connectivity index is 1.26. The zero-order valence-electron chi connectivity index (χ0n) is 21.7. The Labute approximate surface area is 214 Å². The van der Waals surface area contributed by atoms with Crippen LogP contribution in [0.1, 0.15) is 58.6 Å². The standard InChI is InChI=1S/C31H37N3O2/c1-23-12-9-14-26(22-23)31(35)32-19-8-4-5-18-30-33-27-15-6-7-16-28(27)34(30)20-11-21-36-29-17-10-13-24(2)25(29)3/h6-7,9-10,12-17,22H,4-5,8,11,18-21H2,1-3H3,(H,32,35). The van der Waals surface area contributed by atoms with Gasteiger partial charge in [0.1, 0.15) is 11.6 Å². The highest BCUT2D eigenvalue weighted by atomic mass is 16.5. The second-order valence-electron chi connectivity index (χ2n) is 9.50. The topological polar surface area (TPSA) is 56.2 Å². The summed E-state index contributed by atoms with van der Waals surface area (Å²) in [5, 5.41) is 3.04. The molecule has 4 rings (SSSR count). The number of aromatic nitrogens is 2. The van der Waals surface area contributed by atoms with Crippen LogP contribution in [0.3, 0.4) is 0 Å². The number of amides is 1. The fraction of sp³-hybridized carbons (Fsp3) is 0.355. The summed E-state index contributed by atoms with van der Waals surface area (Å²) in [6, 6.07) is 22.3. The maximum Gasteiger partial charge on any atom is 0.251 e. The van der Waals surface area contributed by atoms with Crippen molar-refractivity contribution in [3.8, 4) is 5.75 Å². The highest BCUT2D eigenvalue weighted by molar-refractivity contribution is 5.94. The van der Waals surface area contributed by atoms with Crippen molar-refractivity contribution in [3.63, 3.8) is 0 Å². The summed E-state index contributed by atoms with van der Waals surface area (Å²) in [6.07, 6.45) is 4.90. The Hall–Kier alpha value is -3.60. The summed E-state index contributed by atoms with van der Waals surface area (Å²) < 4.78 is 8.43. The van der Waals surface area contributed by atoms with Crippen molar-refractivity contribution in [2.75, 3.05) is 13.2 Å². The van der Waals surface area contributed by atoms with Crippen LogP contribution in [0.25, 0.3) is 11.0 Å². The monoisotopic (exact) mass is 483 g/mol. The van der Waals surface area contributed by atoms with Gasteiger partial charge in [-0.05, 0) is 81.5 Å². The van der Waals surface area contributed by atoms with E-state index in [2.05, 4.69) is 48.0 Å². The number of rotatable bonds is 12. The van der Waals surface area contributed by atoms with Gasteiger partial charge >= 0.3 is 0 Å². The highest BCUT2D eigenvalue weighted by Gasteiger charge is 2.11. The van der Waals surface area contributed by atoms with E-state index in [1.54, 1.807) is 0 Å². The predicted molar refractivity (Wildman–Crippen MR) is 147 cm³/mol. The van der Waals surface area contributed by atoms with Crippen LogP contribution in [-0.2, 0) is 13.0 Å². The summed E-state index contributed by atoms with van der Waals surface area (Å²) in [6.45, 7) is 8.48. The van der Waals surface area contributed by atoms with E-state index in [9.17, 15) is 4.79 Å². The first kappa shape index (κ1) is 25.5. The van der Waals surface area contributed by atoms with Crippen molar-refractivity contribution in [3.05, 3.63) is 94.8 Å². The number of nitrogens with one attached hydrogen (secondary N) is 1. The molecular formula is C31H37N3O2. The molecule has 0 atom stereocenters. The minimum Gasteiger partial charge on any atom is -0.493 e. The maximum absolute atomic E-state index is 12.3. The molecule has 5 nitrogen and oxygen atoms in total. The summed E-state index contributed by atoms with van der Waals surface area (Å²) in [5.41, 5.74) is 6.53. The number of carbonyl (C=O) groups is 1. The average molecular weight is 484 g/mol. The lowest BCUT2D eigenvalue weighted by Crippen LogP contribution is -2.24. The van der Waals surface area contributed by atoms with Crippen LogP contribution in [-0.4, -0.2) is 28.6 Å². The third-order valence-corrected chi connectivity index (χ3v) is 6.72. The predicted octanol–water partition coefficient (Wildman–Crippen LogP) is 6.57. The Morgan fingerprint density at radius 2 is 1.75 bits per heavy atom. The first-order valence-corrected chi connectivity index (χ1v) is 13.0. The van der Waals surface area contributed by atoms with E-state index < -0.39 is 0 Å². The lowest BCUT2D eigenvalue weighted by molar-refractivity contribution is 0.0953. The van der Waals surface area contributed by atoms with Gasteiger partial charge in [-0.2, -0.15) is 0 Å².